The summed E-state index contributed by atoms with van der Waals surface area (Å²) < 4.78 is 5.12. The van der Waals surface area contributed by atoms with Gasteiger partial charge in [-0.2, -0.15) is 5.10 Å². The molecule has 18 heavy (non-hydrogen) atoms. The molecule has 0 saturated heterocycles. The number of anilines is 2. The normalized spacial score (nSPS) is 10.2. The van der Waals surface area contributed by atoms with Crippen molar-refractivity contribution >= 4 is 11.5 Å². The molecule has 1 aromatic carbocycles. The Bertz CT molecular complexity index is 448. The highest BCUT2D eigenvalue weighted by Gasteiger charge is 2.06. The van der Waals surface area contributed by atoms with Crippen LogP contribution in [-0.2, 0) is 6.54 Å². The number of rotatable bonds is 4. The van der Waals surface area contributed by atoms with E-state index < -0.39 is 0 Å². The van der Waals surface area contributed by atoms with Crippen LogP contribution in [-0.4, -0.2) is 24.4 Å². The van der Waals surface area contributed by atoms with Crippen molar-refractivity contribution in [3.05, 3.63) is 42.1 Å². The summed E-state index contributed by atoms with van der Waals surface area (Å²) in [6, 6.07) is 11.5. The summed E-state index contributed by atoms with van der Waals surface area (Å²) in [6.07, 6.45) is 0. The van der Waals surface area contributed by atoms with E-state index in [-0.39, 0.29) is 0 Å². The molecule has 94 valence electrons. The molecule has 0 atom stereocenters. The molecule has 2 rings (SSSR count). The zero-order chi connectivity index (χ0) is 13.0. The highest BCUT2D eigenvalue weighted by Crippen LogP contribution is 2.23. The summed E-state index contributed by atoms with van der Waals surface area (Å²) in [7, 11) is 3.59. The second-order valence-electron chi connectivity index (χ2n) is 3.84. The number of hydrogen-bond donors (Lipinski definition) is 1. The Morgan fingerprint density at radius 3 is 2.33 bits per heavy atom. The number of methoxy groups -OCH3 is 1. The highest BCUT2D eigenvalue weighted by molar-refractivity contribution is 5.59. The van der Waals surface area contributed by atoms with Gasteiger partial charge in [0.15, 0.2) is 5.82 Å². The zero-order valence-electron chi connectivity index (χ0n) is 10.5. The van der Waals surface area contributed by atoms with Crippen LogP contribution in [0.1, 0.15) is 5.69 Å². The molecule has 1 aromatic heterocycles. The van der Waals surface area contributed by atoms with Crippen molar-refractivity contribution in [1.82, 2.24) is 10.2 Å². The molecule has 2 aromatic rings. The van der Waals surface area contributed by atoms with Gasteiger partial charge in [-0.15, -0.1) is 5.10 Å². The van der Waals surface area contributed by atoms with Crippen LogP contribution in [0.2, 0.25) is 0 Å². The molecule has 5 nitrogen and oxygen atoms in total. The first-order valence-corrected chi connectivity index (χ1v) is 5.65. The van der Waals surface area contributed by atoms with E-state index in [0.717, 1.165) is 22.9 Å². The fraction of sp³-hybridized carbons (Fsp3) is 0.231. The van der Waals surface area contributed by atoms with Gasteiger partial charge in [0.05, 0.1) is 12.8 Å². The van der Waals surface area contributed by atoms with Gasteiger partial charge in [-0.3, -0.25) is 0 Å². The fourth-order valence-electron chi connectivity index (χ4n) is 1.58. The van der Waals surface area contributed by atoms with Crippen LogP contribution in [0.15, 0.2) is 36.4 Å². The van der Waals surface area contributed by atoms with Crippen LogP contribution in [0.3, 0.4) is 0 Å². The lowest BCUT2D eigenvalue weighted by Gasteiger charge is -2.17. The van der Waals surface area contributed by atoms with Gasteiger partial charge in [0, 0.05) is 19.3 Å². The smallest absolute Gasteiger partial charge is 0.155 e. The molecule has 2 N–H and O–H groups in total. The quantitative estimate of drug-likeness (QED) is 0.887. The number of nitrogens with zero attached hydrogens (tertiary/aromatic N) is 3. The lowest BCUT2D eigenvalue weighted by atomic mass is 10.2. The van der Waals surface area contributed by atoms with Crippen LogP contribution < -0.4 is 15.4 Å². The maximum Gasteiger partial charge on any atom is 0.155 e. The molecule has 0 saturated carbocycles. The fourth-order valence-corrected chi connectivity index (χ4v) is 1.58. The molecule has 0 amide bonds. The van der Waals surface area contributed by atoms with Crippen LogP contribution >= 0.6 is 0 Å². The summed E-state index contributed by atoms with van der Waals surface area (Å²) in [5.41, 5.74) is 7.29. The standard InChI is InChI=1S/C13H16N4O/c1-17(11-4-6-12(18-2)7-5-11)13-8-3-10(9-14)15-16-13/h3-8H,9,14H2,1-2H3. The summed E-state index contributed by atoms with van der Waals surface area (Å²) in [6.45, 7) is 0.402. The monoisotopic (exact) mass is 244 g/mol. The first kappa shape index (κ1) is 12.3. The van der Waals surface area contributed by atoms with Crippen molar-refractivity contribution in [1.29, 1.82) is 0 Å². The van der Waals surface area contributed by atoms with Gasteiger partial charge < -0.3 is 15.4 Å². The Morgan fingerprint density at radius 2 is 1.83 bits per heavy atom. The third-order valence-electron chi connectivity index (χ3n) is 2.72. The average molecular weight is 244 g/mol. The molecule has 0 aliphatic carbocycles. The third kappa shape index (κ3) is 2.57. The van der Waals surface area contributed by atoms with E-state index in [4.69, 9.17) is 10.5 Å². The lowest BCUT2D eigenvalue weighted by molar-refractivity contribution is 0.415. The summed E-state index contributed by atoms with van der Waals surface area (Å²) in [5.74, 6) is 1.61. The number of nitrogens with two attached hydrogens (primary N) is 1. The number of benzene rings is 1. The number of aromatic nitrogens is 2. The Hall–Kier alpha value is -2.14. The molecular weight excluding hydrogens is 228 g/mol. The van der Waals surface area contributed by atoms with E-state index >= 15 is 0 Å². The van der Waals surface area contributed by atoms with E-state index in [0.29, 0.717) is 6.54 Å². The van der Waals surface area contributed by atoms with Gasteiger partial charge in [-0.25, -0.2) is 0 Å². The topological polar surface area (TPSA) is 64.3 Å². The van der Waals surface area contributed by atoms with E-state index in [1.54, 1.807) is 7.11 Å². The van der Waals surface area contributed by atoms with Crippen molar-refractivity contribution in [2.75, 3.05) is 19.1 Å². The van der Waals surface area contributed by atoms with Gasteiger partial charge in [-0.1, -0.05) is 0 Å². The first-order valence-electron chi connectivity index (χ1n) is 5.65. The summed E-state index contributed by atoms with van der Waals surface area (Å²) >= 11 is 0. The van der Waals surface area contributed by atoms with E-state index in [2.05, 4.69) is 10.2 Å². The van der Waals surface area contributed by atoms with E-state index in [1.165, 1.54) is 0 Å². The second kappa shape index (κ2) is 5.46. The molecule has 0 spiro atoms. The van der Waals surface area contributed by atoms with Crippen molar-refractivity contribution in [3.8, 4) is 5.75 Å². The van der Waals surface area contributed by atoms with Gasteiger partial charge >= 0.3 is 0 Å². The molecule has 0 unspecified atom stereocenters. The average Bonchev–Trinajstić information content (AvgIpc) is 2.47. The minimum absolute atomic E-state index is 0.402. The minimum atomic E-state index is 0.402. The predicted octanol–water partition coefficient (Wildman–Crippen LogP) is 1.71. The highest BCUT2D eigenvalue weighted by atomic mass is 16.5. The van der Waals surface area contributed by atoms with E-state index in [1.807, 2.05) is 48.3 Å². The Balaban J connectivity index is 2.20. The van der Waals surface area contributed by atoms with Gasteiger partial charge in [0.2, 0.25) is 0 Å². The summed E-state index contributed by atoms with van der Waals surface area (Å²) in [4.78, 5) is 1.95. The maximum absolute atomic E-state index is 5.49. The van der Waals surface area contributed by atoms with Crippen LogP contribution in [0, 0.1) is 0 Å². The summed E-state index contributed by atoms with van der Waals surface area (Å²) in [5, 5.41) is 8.17. The van der Waals surface area contributed by atoms with Crippen molar-refractivity contribution in [2.45, 2.75) is 6.54 Å². The van der Waals surface area contributed by atoms with Crippen LogP contribution in [0.5, 0.6) is 5.75 Å². The molecule has 1 heterocycles. The molecule has 0 fully saturated rings. The molecule has 0 radical (unpaired) electrons. The molecular formula is C13H16N4O. The van der Waals surface area contributed by atoms with E-state index in [9.17, 15) is 0 Å². The van der Waals surface area contributed by atoms with Crippen molar-refractivity contribution < 1.29 is 4.74 Å². The Labute approximate surface area is 106 Å². The second-order valence-corrected chi connectivity index (χ2v) is 3.84. The molecule has 0 bridgehead atoms. The number of ether oxygens (including phenoxy) is 1. The maximum atomic E-state index is 5.49. The third-order valence-corrected chi connectivity index (χ3v) is 2.72. The molecule has 5 heteroatoms. The number of hydrogen-bond acceptors (Lipinski definition) is 5. The van der Waals surface area contributed by atoms with Crippen molar-refractivity contribution in [2.24, 2.45) is 5.73 Å². The van der Waals surface area contributed by atoms with Crippen molar-refractivity contribution in [3.63, 3.8) is 0 Å². The van der Waals surface area contributed by atoms with Gasteiger partial charge in [0.1, 0.15) is 5.75 Å². The molecule has 0 aliphatic heterocycles. The SMILES string of the molecule is COc1ccc(N(C)c2ccc(CN)nn2)cc1. The zero-order valence-corrected chi connectivity index (χ0v) is 10.5. The van der Waals surface area contributed by atoms with Gasteiger partial charge in [-0.05, 0) is 36.4 Å². The lowest BCUT2D eigenvalue weighted by Crippen LogP contribution is -2.12. The predicted molar refractivity (Wildman–Crippen MR) is 71.0 cm³/mol. The van der Waals surface area contributed by atoms with Gasteiger partial charge in [0.25, 0.3) is 0 Å². The van der Waals surface area contributed by atoms with Crippen LogP contribution in [0.4, 0.5) is 11.5 Å². The largest absolute Gasteiger partial charge is 0.497 e. The Kier molecular flexibility index (Phi) is 3.74. The first-order chi connectivity index (χ1) is 8.74. The van der Waals surface area contributed by atoms with Crippen LogP contribution in [0.25, 0.3) is 0 Å². The Morgan fingerprint density at radius 1 is 1.11 bits per heavy atom. The molecule has 0 aliphatic rings. The minimum Gasteiger partial charge on any atom is -0.497 e.